The summed E-state index contributed by atoms with van der Waals surface area (Å²) in [6.07, 6.45) is 0. The van der Waals surface area contributed by atoms with Crippen molar-refractivity contribution in [1.29, 1.82) is 0 Å². The fourth-order valence-electron chi connectivity index (χ4n) is 4.06. The molecule has 1 aromatic heterocycles. The highest BCUT2D eigenvalue weighted by atomic mass is 35.5. The topological polar surface area (TPSA) is 72.2 Å². The molecule has 2 aliphatic rings. The SMILES string of the molecule is CC(=O)c1sc2c(c1N)C(c1ccc(Cl)cc1)C1=C(N2)c2ccccc2C1=O. The van der Waals surface area contributed by atoms with Crippen LogP contribution in [0.25, 0.3) is 5.70 Å². The molecule has 3 N–H and O–H groups in total. The summed E-state index contributed by atoms with van der Waals surface area (Å²) in [5.74, 6) is -0.452. The third kappa shape index (κ3) is 2.30. The number of anilines is 2. The van der Waals surface area contributed by atoms with Crippen LogP contribution >= 0.6 is 22.9 Å². The van der Waals surface area contributed by atoms with E-state index < -0.39 is 0 Å². The highest BCUT2D eigenvalue weighted by Gasteiger charge is 2.42. The van der Waals surface area contributed by atoms with Gasteiger partial charge in [-0.1, -0.05) is 48.0 Å². The molecule has 2 heterocycles. The molecule has 2 aromatic carbocycles. The maximum atomic E-state index is 13.3. The highest BCUT2D eigenvalue weighted by molar-refractivity contribution is 7.19. The summed E-state index contributed by atoms with van der Waals surface area (Å²) < 4.78 is 0. The Hall–Kier alpha value is -2.89. The van der Waals surface area contributed by atoms with Crippen LogP contribution in [0.1, 0.15) is 49.6 Å². The number of hydrogen-bond donors (Lipinski definition) is 2. The van der Waals surface area contributed by atoms with E-state index in [9.17, 15) is 9.59 Å². The van der Waals surface area contributed by atoms with E-state index >= 15 is 0 Å². The van der Waals surface area contributed by atoms with Gasteiger partial charge < -0.3 is 11.1 Å². The molecule has 1 unspecified atom stereocenters. The number of nitrogens with two attached hydrogens (primary N) is 1. The number of benzene rings is 2. The monoisotopic (exact) mass is 406 g/mol. The van der Waals surface area contributed by atoms with E-state index in [1.807, 2.05) is 36.4 Å². The lowest BCUT2D eigenvalue weighted by molar-refractivity contribution is 0.101. The van der Waals surface area contributed by atoms with Crippen molar-refractivity contribution in [3.8, 4) is 0 Å². The van der Waals surface area contributed by atoms with Crippen LogP contribution in [0.2, 0.25) is 5.02 Å². The summed E-state index contributed by atoms with van der Waals surface area (Å²) in [5.41, 5.74) is 11.6. The summed E-state index contributed by atoms with van der Waals surface area (Å²) in [4.78, 5) is 25.9. The number of carbonyl (C=O) groups excluding carboxylic acids is 2. The third-order valence-corrected chi connectivity index (χ3v) is 6.77. The first kappa shape index (κ1) is 17.2. The van der Waals surface area contributed by atoms with Gasteiger partial charge in [-0.05, 0) is 17.7 Å². The molecule has 28 heavy (non-hydrogen) atoms. The molecule has 4 nitrogen and oxygen atoms in total. The standard InChI is InChI=1S/C22H15ClN2O2S/c1-10(26)21-18(24)16-15(11-6-8-12(23)9-7-11)17-19(25-22(16)28-21)13-4-2-3-5-14(13)20(17)27/h2-9,15,25H,24H2,1H3. The lowest BCUT2D eigenvalue weighted by atomic mass is 9.81. The fourth-order valence-corrected chi connectivity index (χ4v) is 5.24. The van der Waals surface area contributed by atoms with E-state index in [1.165, 1.54) is 18.3 Å². The van der Waals surface area contributed by atoms with E-state index in [1.54, 1.807) is 12.1 Å². The number of hydrogen-bond acceptors (Lipinski definition) is 5. The van der Waals surface area contributed by atoms with Gasteiger partial charge in [-0.25, -0.2) is 0 Å². The van der Waals surface area contributed by atoms with E-state index in [2.05, 4.69) is 5.32 Å². The van der Waals surface area contributed by atoms with E-state index in [0.717, 1.165) is 27.4 Å². The molecule has 1 aliphatic carbocycles. The number of nitrogen functional groups attached to an aromatic ring is 1. The van der Waals surface area contributed by atoms with Gasteiger partial charge in [0.15, 0.2) is 11.6 Å². The van der Waals surface area contributed by atoms with Crippen LogP contribution in [-0.2, 0) is 0 Å². The van der Waals surface area contributed by atoms with Crippen LogP contribution < -0.4 is 11.1 Å². The lowest BCUT2D eigenvalue weighted by Gasteiger charge is -2.27. The number of nitrogens with one attached hydrogen (secondary N) is 1. The minimum Gasteiger partial charge on any atom is -0.397 e. The van der Waals surface area contributed by atoms with Crippen molar-refractivity contribution >= 4 is 50.9 Å². The molecule has 0 spiro atoms. The minimum absolute atomic E-state index is 0.0151. The van der Waals surface area contributed by atoms with Crippen LogP contribution in [0.3, 0.4) is 0 Å². The molecule has 0 fully saturated rings. The quantitative estimate of drug-likeness (QED) is 0.562. The molecule has 138 valence electrons. The Morgan fingerprint density at radius 3 is 2.46 bits per heavy atom. The van der Waals surface area contributed by atoms with Crippen molar-refractivity contribution in [1.82, 2.24) is 0 Å². The second kappa shape index (κ2) is 6.06. The number of rotatable bonds is 2. The molecule has 0 radical (unpaired) electrons. The lowest BCUT2D eigenvalue weighted by Crippen LogP contribution is -2.18. The predicted octanol–water partition coefficient (Wildman–Crippen LogP) is 5.35. The Bertz CT molecular complexity index is 1210. The first-order chi connectivity index (χ1) is 13.5. The number of fused-ring (bicyclic) bond motifs is 3. The largest absolute Gasteiger partial charge is 0.397 e. The number of carbonyl (C=O) groups is 2. The van der Waals surface area contributed by atoms with Gasteiger partial charge in [0.05, 0.1) is 21.3 Å². The van der Waals surface area contributed by atoms with Gasteiger partial charge in [0.1, 0.15) is 0 Å². The Morgan fingerprint density at radius 1 is 1.11 bits per heavy atom. The Morgan fingerprint density at radius 2 is 1.79 bits per heavy atom. The summed E-state index contributed by atoms with van der Waals surface area (Å²) in [6, 6.07) is 15.0. The Kier molecular flexibility index (Phi) is 3.73. The zero-order valence-electron chi connectivity index (χ0n) is 14.9. The molecule has 1 atom stereocenters. The van der Waals surface area contributed by atoms with Gasteiger partial charge in [-0.2, -0.15) is 0 Å². The van der Waals surface area contributed by atoms with Crippen LogP contribution in [0.15, 0.2) is 54.1 Å². The number of thiophene rings is 1. The van der Waals surface area contributed by atoms with Gasteiger partial charge >= 0.3 is 0 Å². The van der Waals surface area contributed by atoms with Gasteiger partial charge in [-0.3, -0.25) is 9.59 Å². The molecule has 0 saturated carbocycles. The van der Waals surface area contributed by atoms with E-state index in [0.29, 0.717) is 26.7 Å². The van der Waals surface area contributed by atoms with Crippen molar-refractivity contribution in [3.05, 3.63) is 86.3 Å². The predicted molar refractivity (Wildman–Crippen MR) is 113 cm³/mol. The van der Waals surface area contributed by atoms with Crippen LogP contribution in [0.4, 0.5) is 10.7 Å². The molecular weight excluding hydrogens is 392 g/mol. The molecule has 0 saturated heterocycles. The number of allylic oxidation sites excluding steroid dienone is 1. The fraction of sp³-hybridized carbons (Fsp3) is 0.0909. The van der Waals surface area contributed by atoms with Gasteiger partial charge in [0, 0.05) is 40.1 Å². The van der Waals surface area contributed by atoms with Gasteiger partial charge in [-0.15, -0.1) is 11.3 Å². The smallest absolute Gasteiger partial charge is 0.192 e. The first-order valence-corrected chi connectivity index (χ1v) is 10.0. The van der Waals surface area contributed by atoms with Crippen molar-refractivity contribution in [2.75, 3.05) is 11.1 Å². The maximum Gasteiger partial charge on any atom is 0.192 e. The van der Waals surface area contributed by atoms with E-state index in [4.69, 9.17) is 17.3 Å². The van der Waals surface area contributed by atoms with Crippen molar-refractivity contribution in [2.45, 2.75) is 12.8 Å². The molecular formula is C22H15ClN2O2S. The average molecular weight is 407 g/mol. The van der Waals surface area contributed by atoms with Crippen LogP contribution in [0, 0.1) is 0 Å². The Balaban J connectivity index is 1.80. The van der Waals surface area contributed by atoms with Crippen LogP contribution in [-0.4, -0.2) is 11.6 Å². The maximum absolute atomic E-state index is 13.3. The highest BCUT2D eigenvalue weighted by Crippen LogP contribution is 2.54. The molecule has 6 heteroatoms. The first-order valence-electron chi connectivity index (χ1n) is 8.81. The molecule has 0 bridgehead atoms. The normalized spacial score (nSPS) is 17.1. The van der Waals surface area contributed by atoms with Crippen LogP contribution in [0.5, 0.6) is 0 Å². The summed E-state index contributed by atoms with van der Waals surface area (Å²) in [7, 11) is 0. The second-order valence-electron chi connectivity index (χ2n) is 6.92. The molecule has 3 aromatic rings. The minimum atomic E-state index is -0.354. The second-order valence-corrected chi connectivity index (χ2v) is 8.37. The summed E-state index contributed by atoms with van der Waals surface area (Å²) in [5, 5.41) is 4.82. The average Bonchev–Trinajstić information content (AvgIpc) is 3.17. The zero-order valence-corrected chi connectivity index (χ0v) is 16.4. The Labute approximate surface area is 170 Å². The molecule has 5 rings (SSSR count). The zero-order chi connectivity index (χ0) is 19.6. The van der Waals surface area contributed by atoms with Crippen molar-refractivity contribution < 1.29 is 9.59 Å². The number of Topliss-reactive ketones (excluding diaryl/α,β-unsaturated/α-hetero) is 2. The molecule has 0 amide bonds. The number of halogens is 1. The van der Waals surface area contributed by atoms with Crippen molar-refractivity contribution in [2.24, 2.45) is 0 Å². The van der Waals surface area contributed by atoms with E-state index in [-0.39, 0.29) is 17.5 Å². The van der Waals surface area contributed by atoms with Crippen molar-refractivity contribution in [3.63, 3.8) is 0 Å². The molecule has 1 aliphatic heterocycles. The third-order valence-electron chi connectivity index (χ3n) is 5.28. The number of ketones is 2. The van der Waals surface area contributed by atoms with Gasteiger partial charge in [0.2, 0.25) is 0 Å². The summed E-state index contributed by atoms with van der Waals surface area (Å²) >= 11 is 7.42. The summed E-state index contributed by atoms with van der Waals surface area (Å²) in [6.45, 7) is 1.51. The van der Waals surface area contributed by atoms with Gasteiger partial charge in [0.25, 0.3) is 0 Å².